The molecule has 0 aromatic carbocycles. The molecule has 0 aromatic rings. The Bertz CT molecular complexity index is 916. The molecular formula is C20H36NO19P. The summed E-state index contributed by atoms with van der Waals surface area (Å²) in [6.45, 7) is -1.62. The van der Waals surface area contributed by atoms with Crippen LogP contribution >= 0.6 is 7.82 Å². The van der Waals surface area contributed by atoms with Gasteiger partial charge in [0.1, 0.15) is 73.2 Å². The van der Waals surface area contributed by atoms with Gasteiger partial charge in [-0.3, -0.25) is 13.8 Å². The van der Waals surface area contributed by atoms with Crippen LogP contribution in [-0.2, 0) is 37.4 Å². The monoisotopic (exact) mass is 625 g/mol. The number of phosphoric acid groups is 1. The molecule has 3 rings (SSSR count). The average molecular weight is 625 g/mol. The van der Waals surface area contributed by atoms with E-state index in [4.69, 9.17) is 28.0 Å². The average Bonchev–Trinajstić information content (AvgIpc) is 2.91. The van der Waals surface area contributed by atoms with Crippen LogP contribution in [0.3, 0.4) is 0 Å². The summed E-state index contributed by atoms with van der Waals surface area (Å²) in [5.74, 6) is -0.745. The molecule has 3 heterocycles. The van der Waals surface area contributed by atoms with Gasteiger partial charge in [-0.2, -0.15) is 0 Å². The van der Waals surface area contributed by atoms with Crippen molar-refractivity contribution in [2.75, 3.05) is 19.8 Å². The van der Waals surface area contributed by atoms with Crippen molar-refractivity contribution in [3.63, 3.8) is 0 Å². The second kappa shape index (κ2) is 14.2. The standard InChI is InChI=1S/C20H36NO19P/c1-5(24)21-9-13(28)10(25)7(3-23)37-19(9)40-41(33,34)35-4-8-12(27)14(29)16(31)20(38-8)39-17-15(30)11(26)6(2-22)36-18(17)32/h6-20,22-23,25-32H,2-4H2,1H3,(H,21,24)(H,33,34)/t6-,7-,8-,9-,10-,11-,12-,13-,14+,15+,16+,17+,18?,19-,20-/m1/s1. The molecule has 0 radical (unpaired) electrons. The summed E-state index contributed by atoms with van der Waals surface area (Å²) in [5.41, 5.74) is 0. The van der Waals surface area contributed by atoms with Gasteiger partial charge in [0.2, 0.25) is 5.91 Å². The molecule has 0 bridgehead atoms. The highest BCUT2D eigenvalue weighted by atomic mass is 31.2. The van der Waals surface area contributed by atoms with Crippen LogP contribution in [0.1, 0.15) is 6.92 Å². The fourth-order valence-corrected chi connectivity index (χ4v) is 5.27. The Labute approximate surface area is 231 Å². The number of nitrogens with one attached hydrogen (secondary N) is 1. The van der Waals surface area contributed by atoms with E-state index in [1.165, 1.54) is 0 Å². The van der Waals surface area contributed by atoms with Crippen LogP contribution in [0.15, 0.2) is 0 Å². The first-order chi connectivity index (χ1) is 19.1. The van der Waals surface area contributed by atoms with Crippen molar-refractivity contribution in [3.8, 4) is 0 Å². The summed E-state index contributed by atoms with van der Waals surface area (Å²) < 4.78 is 43.0. The van der Waals surface area contributed by atoms with Gasteiger partial charge >= 0.3 is 7.82 Å². The van der Waals surface area contributed by atoms with E-state index in [0.717, 1.165) is 6.92 Å². The van der Waals surface area contributed by atoms with Crippen molar-refractivity contribution in [1.29, 1.82) is 0 Å². The van der Waals surface area contributed by atoms with Gasteiger partial charge < -0.3 is 80.2 Å². The van der Waals surface area contributed by atoms with Gasteiger partial charge in [-0.25, -0.2) is 4.57 Å². The highest BCUT2D eigenvalue weighted by molar-refractivity contribution is 7.47. The zero-order chi connectivity index (χ0) is 30.8. The first-order valence-electron chi connectivity index (χ1n) is 12.3. The summed E-state index contributed by atoms with van der Waals surface area (Å²) in [4.78, 5) is 21.8. The van der Waals surface area contributed by atoms with Crippen molar-refractivity contribution in [2.24, 2.45) is 0 Å². The number of hydrogen-bond acceptors (Lipinski definition) is 18. The minimum absolute atomic E-state index is 0.745. The van der Waals surface area contributed by atoms with E-state index < -0.39 is 126 Å². The molecule has 240 valence electrons. The smallest absolute Gasteiger partial charge is 0.394 e. The molecule has 3 aliphatic rings. The van der Waals surface area contributed by atoms with Gasteiger partial charge in [0.05, 0.1) is 19.8 Å². The maximum atomic E-state index is 12.7. The van der Waals surface area contributed by atoms with E-state index in [9.17, 15) is 65.3 Å². The van der Waals surface area contributed by atoms with Gasteiger partial charge in [0.15, 0.2) is 18.9 Å². The minimum Gasteiger partial charge on any atom is -0.394 e. The van der Waals surface area contributed by atoms with Crippen LogP contribution in [-0.4, -0.2) is 174 Å². The van der Waals surface area contributed by atoms with Crippen LogP contribution < -0.4 is 5.32 Å². The highest BCUT2D eigenvalue weighted by Gasteiger charge is 2.52. The summed E-state index contributed by atoms with van der Waals surface area (Å²) >= 11 is 0. The zero-order valence-corrected chi connectivity index (χ0v) is 22.3. The summed E-state index contributed by atoms with van der Waals surface area (Å²) in [5, 5.41) is 102. The number of phosphoric ester groups is 1. The van der Waals surface area contributed by atoms with Gasteiger partial charge in [0.25, 0.3) is 0 Å². The van der Waals surface area contributed by atoms with Crippen molar-refractivity contribution < 1.29 is 93.3 Å². The number of amides is 1. The van der Waals surface area contributed by atoms with Crippen LogP contribution in [0.2, 0.25) is 0 Å². The molecule has 16 atom stereocenters. The van der Waals surface area contributed by atoms with Crippen LogP contribution in [0, 0.1) is 0 Å². The Morgan fingerprint density at radius 3 is 1.88 bits per heavy atom. The number of carbonyl (C=O) groups excluding carboxylic acids is 1. The van der Waals surface area contributed by atoms with Gasteiger partial charge in [-0.1, -0.05) is 0 Å². The lowest BCUT2D eigenvalue weighted by atomic mass is 9.97. The predicted molar refractivity (Wildman–Crippen MR) is 124 cm³/mol. The summed E-state index contributed by atoms with van der Waals surface area (Å²) in [7, 11) is -5.23. The van der Waals surface area contributed by atoms with Crippen molar-refractivity contribution >= 4 is 13.7 Å². The molecular weight excluding hydrogens is 589 g/mol. The van der Waals surface area contributed by atoms with Crippen molar-refractivity contribution in [2.45, 2.75) is 99.0 Å². The molecule has 3 fully saturated rings. The SMILES string of the molecule is CC(=O)N[C@H]1[C@@H](OP(=O)(O)OC[C@H]2O[C@H](O[C@@H]3C(O)O[C@H](CO)[C@@H](O)[C@@H]3O)[C@@H](O)[C@@H](O)[C@@H]2O)O[C@H](CO)[C@@H](O)[C@@H]1O. The van der Waals surface area contributed by atoms with Gasteiger partial charge in [-0.15, -0.1) is 0 Å². The van der Waals surface area contributed by atoms with E-state index >= 15 is 0 Å². The Hall–Kier alpha value is -0.980. The number of aliphatic hydroxyl groups is 10. The molecule has 0 aliphatic carbocycles. The minimum atomic E-state index is -5.23. The third-order valence-corrected chi connectivity index (χ3v) is 7.64. The van der Waals surface area contributed by atoms with E-state index in [2.05, 4.69) is 5.32 Å². The molecule has 20 nitrogen and oxygen atoms in total. The largest absolute Gasteiger partial charge is 0.474 e. The Morgan fingerprint density at radius 2 is 1.29 bits per heavy atom. The lowest BCUT2D eigenvalue weighted by Crippen LogP contribution is -2.64. The van der Waals surface area contributed by atoms with Gasteiger partial charge in [0, 0.05) is 6.92 Å². The molecule has 0 aromatic heterocycles. The fraction of sp³-hybridized carbons (Fsp3) is 0.950. The van der Waals surface area contributed by atoms with Gasteiger partial charge in [-0.05, 0) is 0 Å². The van der Waals surface area contributed by atoms with E-state index in [1.54, 1.807) is 0 Å². The topological polar surface area (TPSA) is 324 Å². The second-order valence-electron chi connectivity index (χ2n) is 9.65. The van der Waals surface area contributed by atoms with Crippen molar-refractivity contribution in [3.05, 3.63) is 0 Å². The highest BCUT2D eigenvalue weighted by Crippen LogP contribution is 2.47. The third kappa shape index (κ3) is 7.95. The quantitative estimate of drug-likeness (QED) is 0.100. The normalized spacial score (nSPS) is 47.0. The zero-order valence-electron chi connectivity index (χ0n) is 21.4. The Balaban J connectivity index is 1.67. The van der Waals surface area contributed by atoms with Crippen LogP contribution in [0.4, 0.5) is 0 Å². The molecule has 3 saturated heterocycles. The molecule has 1 amide bonds. The molecule has 12 N–H and O–H groups in total. The molecule has 0 saturated carbocycles. The first-order valence-corrected chi connectivity index (χ1v) is 13.8. The van der Waals surface area contributed by atoms with Crippen molar-refractivity contribution in [1.82, 2.24) is 5.32 Å². The number of carbonyl (C=O) groups is 1. The third-order valence-electron chi connectivity index (χ3n) is 6.69. The molecule has 21 heteroatoms. The molecule has 2 unspecified atom stereocenters. The van der Waals surface area contributed by atoms with E-state index in [0.29, 0.717) is 0 Å². The second-order valence-corrected chi connectivity index (χ2v) is 11.1. The fourth-order valence-electron chi connectivity index (χ4n) is 4.43. The molecule has 41 heavy (non-hydrogen) atoms. The Kier molecular flexibility index (Phi) is 12.0. The lowest BCUT2D eigenvalue weighted by Gasteiger charge is -2.45. The lowest BCUT2D eigenvalue weighted by molar-refractivity contribution is -0.361. The van der Waals surface area contributed by atoms with Crippen LogP contribution in [0.5, 0.6) is 0 Å². The van der Waals surface area contributed by atoms with E-state index in [1.807, 2.05) is 0 Å². The number of aliphatic hydroxyl groups excluding tert-OH is 10. The number of ether oxygens (including phenoxy) is 4. The number of rotatable bonds is 10. The maximum Gasteiger partial charge on any atom is 0.474 e. The molecule has 0 spiro atoms. The predicted octanol–water partition coefficient (Wildman–Crippen LogP) is -7.31. The molecule has 3 aliphatic heterocycles. The van der Waals surface area contributed by atoms with Crippen LogP contribution in [0.25, 0.3) is 0 Å². The van der Waals surface area contributed by atoms with E-state index in [-0.39, 0.29) is 0 Å². The maximum absolute atomic E-state index is 12.7. The first kappa shape index (κ1) is 34.5. The summed E-state index contributed by atoms with van der Waals surface area (Å²) in [6, 6.07) is -1.60. The summed E-state index contributed by atoms with van der Waals surface area (Å²) in [6.07, 6.45) is -25.3. The number of hydrogen-bond donors (Lipinski definition) is 12. The Morgan fingerprint density at radius 1 is 0.756 bits per heavy atom.